The highest BCUT2D eigenvalue weighted by Gasteiger charge is 2.11. The van der Waals surface area contributed by atoms with E-state index in [1.165, 1.54) is 12.8 Å². The van der Waals surface area contributed by atoms with E-state index in [0.717, 1.165) is 19.3 Å². The second-order valence-corrected chi connectivity index (χ2v) is 4.33. The molecule has 6 N–H and O–H groups in total. The average molecular weight is 242 g/mol. The lowest BCUT2D eigenvalue weighted by molar-refractivity contribution is -0.120. The first-order valence-electron chi connectivity index (χ1n) is 6.41. The standard InChI is InChI=1S/C12H26N4O/c1-2-3-4-5-8-11(17)10(13)7-6-9-16-12(14)15/h10H,2-9,13H2,1H3,(H4,14,15,16)/t10-/m0/s1. The van der Waals surface area contributed by atoms with Gasteiger partial charge in [0.15, 0.2) is 5.96 Å². The Morgan fingerprint density at radius 1 is 1.18 bits per heavy atom. The summed E-state index contributed by atoms with van der Waals surface area (Å²) >= 11 is 0. The van der Waals surface area contributed by atoms with Crippen LogP contribution < -0.4 is 17.2 Å². The van der Waals surface area contributed by atoms with Crippen molar-refractivity contribution in [2.24, 2.45) is 22.2 Å². The van der Waals surface area contributed by atoms with Gasteiger partial charge in [-0.15, -0.1) is 0 Å². The van der Waals surface area contributed by atoms with E-state index < -0.39 is 0 Å². The monoisotopic (exact) mass is 242 g/mol. The van der Waals surface area contributed by atoms with Crippen LogP contribution in [0.3, 0.4) is 0 Å². The highest BCUT2D eigenvalue weighted by molar-refractivity contribution is 5.83. The Kier molecular flexibility index (Phi) is 9.43. The molecule has 17 heavy (non-hydrogen) atoms. The smallest absolute Gasteiger partial charge is 0.185 e. The van der Waals surface area contributed by atoms with E-state index in [-0.39, 0.29) is 17.8 Å². The summed E-state index contributed by atoms with van der Waals surface area (Å²) in [6, 6.07) is -0.356. The minimum Gasteiger partial charge on any atom is -0.370 e. The van der Waals surface area contributed by atoms with Crippen molar-refractivity contribution in [3.63, 3.8) is 0 Å². The van der Waals surface area contributed by atoms with Gasteiger partial charge in [0, 0.05) is 13.0 Å². The van der Waals surface area contributed by atoms with Crippen molar-refractivity contribution >= 4 is 11.7 Å². The maximum absolute atomic E-state index is 11.6. The number of carbonyl (C=O) groups excluding carboxylic acids is 1. The predicted octanol–water partition coefficient (Wildman–Crippen LogP) is 0.907. The van der Waals surface area contributed by atoms with Crippen LogP contribution in [0.4, 0.5) is 0 Å². The molecule has 0 aromatic rings. The second kappa shape index (κ2) is 10.1. The molecule has 0 heterocycles. The number of nitrogens with zero attached hydrogens (tertiary/aromatic N) is 1. The Morgan fingerprint density at radius 2 is 1.88 bits per heavy atom. The quantitative estimate of drug-likeness (QED) is 0.300. The van der Waals surface area contributed by atoms with Gasteiger partial charge in [-0.1, -0.05) is 26.2 Å². The van der Waals surface area contributed by atoms with Gasteiger partial charge in [-0.3, -0.25) is 9.79 Å². The minimum absolute atomic E-state index is 0.0875. The van der Waals surface area contributed by atoms with Crippen LogP contribution in [0.25, 0.3) is 0 Å². The van der Waals surface area contributed by atoms with Crippen LogP contribution in [0.1, 0.15) is 51.9 Å². The maximum Gasteiger partial charge on any atom is 0.185 e. The van der Waals surface area contributed by atoms with Crippen LogP contribution in [0, 0.1) is 0 Å². The first kappa shape index (κ1) is 15.9. The van der Waals surface area contributed by atoms with E-state index in [0.29, 0.717) is 19.4 Å². The Balaban J connectivity index is 3.57. The molecule has 0 fully saturated rings. The molecule has 0 aliphatic rings. The topological polar surface area (TPSA) is 107 Å². The molecule has 0 aromatic carbocycles. The molecule has 0 aliphatic heterocycles. The molecule has 0 spiro atoms. The van der Waals surface area contributed by atoms with Crippen LogP contribution in [0.15, 0.2) is 4.99 Å². The Bertz CT molecular complexity index is 237. The Labute approximate surface area is 104 Å². The summed E-state index contributed by atoms with van der Waals surface area (Å²) in [5.74, 6) is 0.246. The number of hydrogen-bond donors (Lipinski definition) is 3. The van der Waals surface area contributed by atoms with E-state index in [1.54, 1.807) is 0 Å². The zero-order valence-electron chi connectivity index (χ0n) is 10.8. The van der Waals surface area contributed by atoms with Crippen molar-refractivity contribution in [2.45, 2.75) is 57.9 Å². The van der Waals surface area contributed by atoms with E-state index in [1.807, 2.05) is 0 Å². The molecule has 0 amide bonds. The predicted molar refractivity (Wildman–Crippen MR) is 71.7 cm³/mol. The molecule has 0 aromatic heterocycles. The van der Waals surface area contributed by atoms with Crippen LogP contribution in [-0.2, 0) is 4.79 Å². The summed E-state index contributed by atoms with van der Waals surface area (Å²) in [5, 5.41) is 0. The molecule has 0 rings (SSSR count). The number of Topliss-reactive ketones (excluding diaryl/α,β-unsaturated/α-hetero) is 1. The van der Waals surface area contributed by atoms with E-state index in [2.05, 4.69) is 11.9 Å². The second-order valence-electron chi connectivity index (χ2n) is 4.33. The first-order valence-corrected chi connectivity index (χ1v) is 6.41. The SMILES string of the molecule is CCCCCCC(=O)[C@@H](N)CCCN=C(N)N. The molecule has 0 radical (unpaired) electrons. The largest absolute Gasteiger partial charge is 0.370 e. The molecule has 5 nitrogen and oxygen atoms in total. The third kappa shape index (κ3) is 9.81. The van der Waals surface area contributed by atoms with Crippen molar-refractivity contribution in [2.75, 3.05) is 6.54 Å². The Morgan fingerprint density at radius 3 is 2.47 bits per heavy atom. The summed E-state index contributed by atoms with van der Waals surface area (Å²) in [4.78, 5) is 15.5. The van der Waals surface area contributed by atoms with Crippen molar-refractivity contribution in [3.05, 3.63) is 0 Å². The number of carbonyl (C=O) groups is 1. The molecule has 1 atom stereocenters. The summed E-state index contributed by atoms with van der Waals surface area (Å²) in [5.41, 5.74) is 16.2. The number of aliphatic imine (C=N–C) groups is 1. The zero-order chi connectivity index (χ0) is 13.1. The van der Waals surface area contributed by atoms with Crippen molar-refractivity contribution in [1.82, 2.24) is 0 Å². The number of guanidine groups is 1. The van der Waals surface area contributed by atoms with Crippen molar-refractivity contribution in [3.8, 4) is 0 Å². The van der Waals surface area contributed by atoms with Crippen LogP contribution >= 0.6 is 0 Å². The third-order valence-corrected chi connectivity index (χ3v) is 2.66. The first-order chi connectivity index (χ1) is 8.07. The molecule has 5 heteroatoms. The number of rotatable bonds is 10. The maximum atomic E-state index is 11.6. The highest BCUT2D eigenvalue weighted by atomic mass is 16.1. The van der Waals surface area contributed by atoms with Crippen molar-refractivity contribution in [1.29, 1.82) is 0 Å². The van der Waals surface area contributed by atoms with Gasteiger partial charge in [0.2, 0.25) is 0 Å². The lowest BCUT2D eigenvalue weighted by Gasteiger charge is -2.09. The van der Waals surface area contributed by atoms with Gasteiger partial charge in [-0.25, -0.2) is 0 Å². The molecule has 100 valence electrons. The molecular formula is C12H26N4O. The number of nitrogens with two attached hydrogens (primary N) is 3. The fourth-order valence-corrected chi connectivity index (χ4v) is 1.59. The zero-order valence-corrected chi connectivity index (χ0v) is 10.8. The number of ketones is 1. The summed E-state index contributed by atoms with van der Waals surface area (Å²) < 4.78 is 0. The summed E-state index contributed by atoms with van der Waals surface area (Å²) in [6.07, 6.45) is 6.44. The Hall–Kier alpha value is -1.10. The van der Waals surface area contributed by atoms with Crippen molar-refractivity contribution < 1.29 is 4.79 Å². The van der Waals surface area contributed by atoms with Crippen LogP contribution in [-0.4, -0.2) is 24.3 Å². The fourth-order valence-electron chi connectivity index (χ4n) is 1.59. The van der Waals surface area contributed by atoms with Gasteiger partial charge in [-0.05, 0) is 19.3 Å². The van der Waals surface area contributed by atoms with Gasteiger partial charge < -0.3 is 17.2 Å². The fraction of sp³-hybridized carbons (Fsp3) is 0.833. The summed E-state index contributed by atoms with van der Waals surface area (Å²) in [7, 11) is 0. The lowest BCUT2D eigenvalue weighted by Crippen LogP contribution is -2.30. The molecule has 0 saturated carbocycles. The van der Waals surface area contributed by atoms with Crippen LogP contribution in [0.5, 0.6) is 0 Å². The molecular weight excluding hydrogens is 216 g/mol. The lowest BCUT2D eigenvalue weighted by atomic mass is 10.0. The van der Waals surface area contributed by atoms with E-state index in [4.69, 9.17) is 17.2 Å². The van der Waals surface area contributed by atoms with Gasteiger partial charge in [0.25, 0.3) is 0 Å². The summed E-state index contributed by atoms with van der Waals surface area (Å²) in [6.45, 7) is 2.69. The minimum atomic E-state index is -0.356. The highest BCUT2D eigenvalue weighted by Crippen LogP contribution is 2.06. The van der Waals surface area contributed by atoms with E-state index in [9.17, 15) is 4.79 Å². The van der Waals surface area contributed by atoms with Gasteiger partial charge in [0.05, 0.1) is 6.04 Å². The molecule has 0 bridgehead atoms. The average Bonchev–Trinajstić information content (AvgIpc) is 2.29. The number of unbranched alkanes of at least 4 members (excludes halogenated alkanes) is 3. The van der Waals surface area contributed by atoms with Gasteiger partial charge in [0.1, 0.15) is 5.78 Å². The van der Waals surface area contributed by atoms with Gasteiger partial charge in [-0.2, -0.15) is 0 Å². The normalized spacial score (nSPS) is 12.1. The van der Waals surface area contributed by atoms with Gasteiger partial charge >= 0.3 is 0 Å². The van der Waals surface area contributed by atoms with Crippen LogP contribution in [0.2, 0.25) is 0 Å². The van der Waals surface area contributed by atoms with E-state index >= 15 is 0 Å². The molecule has 0 saturated heterocycles. The number of hydrogen-bond acceptors (Lipinski definition) is 3. The third-order valence-electron chi connectivity index (χ3n) is 2.66. The molecule has 0 aliphatic carbocycles. The molecule has 0 unspecified atom stereocenters.